The number of fused-ring (bicyclic) bond motifs is 1. The van der Waals surface area contributed by atoms with Crippen molar-refractivity contribution in [2.75, 3.05) is 49.7 Å². The molecule has 4 aromatic rings. The smallest absolute Gasteiger partial charge is 0.266 e. The van der Waals surface area contributed by atoms with Gasteiger partial charge in [0, 0.05) is 42.8 Å². The van der Waals surface area contributed by atoms with Gasteiger partial charge in [0.05, 0.1) is 12.8 Å². The van der Waals surface area contributed by atoms with Crippen LogP contribution in [0, 0.1) is 18.3 Å². The van der Waals surface area contributed by atoms with E-state index in [9.17, 15) is 10.1 Å². The van der Waals surface area contributed by atoms with E-state index in [4.69, 9.17) is 16.2 Å². The monoisotopic (exact) mass is 498 g/mol. The highest BCUT2D eigenvalue weighted by molar-refractivity contribution is 7.21. The first-order valence-corrected chi connectivity index (χ1v) is 12.4. The molecule has 36 heavy (non-hydrogen) atoms. The van der Waals surface area contributed by atoms with E-state index in [0.717, 1.165) is 22.6 Å². The van der Waals surface area contributed by atoms with E-state index in [-0.39, 0.29) is 17.3 Å². The molecule has 4 N–H and O–H groups in total. The summed E-state index contributed by atoms with van der Waals surface area (Å²) in [6.07, 6.45) is 0. The molecule has 2 aromatic heterocycles. The number of nitrogens with two attached hydrogens (primary N) is 2. The molecule has 2 aromatic carbocycles. The quantitative estimate of drug-likeness (QED) is 0.431. The van der Waals surface area contributed by atoms with E-state index in [1.54, 1.807) is 7.11 Å². The first kappa shape index (κ1) is 23.5. The Kier molecular flexibility index (Phi) is 6.12. The van der Waals surface area contributed by atoms with Gasteiger partial charge in [-0.3, -0.25) is 4.79 Å². The summed E-state index contributed by atoms with van der Waals surface area (Å²) in [5.74, 6) is 0.817. The fourth-order valence-electron chi connectivity index (χ4n) is 4.56. The maximum atomic E-state index is 13.5. The Balaban J connectivity index is 1.46. The molecular weight excluding hydrogens is 472 g/mol. The molecule has 0 bridgehead atoms. The lowest BCUT2D eigenvalue weighted by Crippen LogP contribution is -2.48. The van der Waals surface area contributed by atoms with Crippen molar-refractivity contribution in [3.05, 3.63) is 64.5 Å². The zero-order valence-electron chi connectivity index (χ0n) is 20.1. The fraction of sp³-hybridized carbons (Fsp3) is 0.222. The Labute approximate surface area is 213 Å². The Hall–Kier alpha value is -4.29. The third-order valence-corrected chi connectivity index (χ3v) is 7.64. The number of hydrogen-bond donors (Lipinski definition) is 2. The SMILES string of the molecule is COc1ccc(N2CCN(C(=O)c3sc4nc(N)c(C#N)c(-c5ccc(C)cc5)c4c3N)CC2)cc1. The van der Waals surface area contributed by atoms with Crippen molar-refractivity contribution in [2.45, 2.75) is 6.92 Å². The van der Waals surface area contributed by atoms with E-state index in [1.165, 1.54) is 11.3 Å². The molecule has 3 heterocycles. The number of benzene rings is 2. The van der Waals surface area contributed by atoms with Crippen molar-refractivity contribution in [1.82, 2.24) is 9.88 Å². The second kappa shape index (κ2) is 9.40. The summed E-state index contributed by atoms with van der Waals surface area (Å²) in [6, 6.07) is 17.9. The number of amides is 1. The zero-order chi connectivity index (χ0) is 25.4. The fourth-order valence-corrected chi connectivity index (χ4v) is 5.64. The van der Waals surface area contributed by atoms with Gasteiger partial charge in [0.15, 0.2) is 0 Å². The van der Waals surface area contributed by atoms with Crippen LogP contribution < -0.4 is 21.1 Å². The molecule has 0 saturated carbocycles. The summed E-state index contributed by atoms with van der Waals surface area (Å²) >= 11 is 1.23. The van der Waals surface area contributed by atoms with Crippen LogP contribution in [0.5, 0.6) is 5.75 Å². The molecule has 1 fully saturated rings. The molecule has 0 atom stereocenters. The molecule has 8 nitrogen and oxygen atoms in total. The van der Waals surface area contributed by atoms with Gasteiger partial charge in [0.2, 0.25) is 0 Å². The number of pyridine rings is 1. The van der Waals surface area contributed by atoms with Crippen LogP contribution in [0.25, 0.3) is 21.3 Å². The van der Waals surface area contributed by atoms with Crippen LogP contribution >= 0.6 is 11.3 Å². The normalized spacial score (nSPS) is 13.6. The number of carbonyl (C=O) groups excluding carboxylic acids is 1. The highest BCUT2D eigenvalue weighted by atomic mass is 32.1. The second-order valence-electron chi connectivity index (χ2n) is 8.73. The van der Waals surface area contributed by atoms with Gasteiger partial charge in [-0.2, -0.15) is 5.26 Å². The number of hydrogen-bond acceptors (Lipinski definition) is 8. The van der Waals surface area contributed by atoms with Gasteiger partial charge in [-0.25, -0.2) is 4.98 Å². The van der Waals surface area contributed by atoms with Crippen molar-refractivity contribution in [3.8, 4) is 22.9 Å². The molecular formula is C27H26N6O2S. The number of rotatable bonds is 4. The second-order valence-corrected chi connectivity index (χ2v) is 9.73. The molecule has 5 rings (SSSR count). The number of carbonyl (C=O) groups is 1. The molecule has 0 aliphatic carbocycles. The average molecular weight is 499 g/mol. The summed E-state index contributed by atoms with van der Waals surface area (Å²) in [5.41, 5.74) is 17.0. The van der Waals surface area contributed by atoms with Gasteiger partial charge in [-0.15, -0.1) is 11.3 Å². The summed E-state index contributed by atoms with van der Waals surface area (Å²) in [7, 11) is 1.65. The Bertz CT molecular complexity index is 1480. The molecule has 9 heteroatoms. The van der Waals surface area contributed by atoms with Gasteiger partial charge in [-0.05, 0) is 36.8 Å². The highest BCUT2D eigenvalue weighted by Gasteiger charge is 2.29. The standard InChI is InChI=1S/C27H26N6O2S/c1-16-3-5-17(6-4-16)21-20(15-28)25(30)31-26-22(21)23(29)24(36-26)27(34)33-13-11-32(12-14-33)18-7-9-19(35-2)10-8-18/h3-10H,11-14,29H2,1-2H3,(H2,30,31). The van der Waals surface area contributed by atoms with Crippen LogP contribution in [-0.4, -0.2) is 49.1 Å². The number of piperazine rings is 1. The first-order valence-electron chi connectivity index (χ1n) is 11.6. The molecule has 1 amide bonds. The van der Waals surface area contributed by atoms with Crippen LogP contribution in [0.4, 0.5) is 17.2 Å². The van der Waals surface area contributed by atoms with Crippen LogP contribution in [0.1, 0.15) is 20.8 Å². The number of aromatic nitrogens is 1. The van der Waals surface area contributed by atoms with Crippen molar-refractivity contribution in [2.24, 2.45) is 0 Å². The summed E-state index contributed by atoms with van der Waals surface area (Å²) in [4.78, 5) is 23.0. The van der Waals surface area contributed by atoms with Crippen molar-refractivity contribution < 1.29 is 9.53 Å². The van der Waals surface area contributed by atoms with Crippen molar-refractivity contribution in [3.63, 3.8) is 0 Å². The number of nitriles is 1. The lowest BCUT2D eigenvalue weighted by Gasteiger charge is -2.36. The van der Waals surface area contributed by atoms with Gasteiger partial charge < -0.3 is 26.0 Å². The minimum atomic E-state index is -0.128. The largest absolute Gasteiger partial charge is 0.497 e. The number of anilines is 3. The molecule has 1 saturated heterocycles. The predicted molar refractivity (Wildman–Crippen MR) is 144 cm³/mol. The summed E-state index contributed by atoms with van der Waals surface area (Å²) < 4.78 is 5.24. The number of ether oxygens (including phenoxy) is 1. The molecule has 182 valence electrons. The van der Waals surface area contributed by atoms with Crippen molar-refractivity contribution >= 4 is 44.7 Å². The van der Waals surface area contributed by atoms with E-state index >= 15 is 0 Å². The first-order chi connectivity index (χ1) is 17.4. The van der Waals surface area contributed by atoms with E-state index in [0.29, 0.717) is 52.5 Å². The summed E-state index contributed by atoms with van der Waals surface area (Å²) in [6.45, 7) is 4.56. The Morgan fingerprint density at radius 2 is 1.72 bits per heavy atom. The lowest BCUT2D eigenvalue weighted by atomic mass is 9.96. The molecule has 1 aliphatic heterocycles. The van der Waals surface area contributed by atoms with E-state index < -0.39 is 0 Å². The number of nitrogens with zero attached hydrogens (tertiary/aromatic N) is 4. The highest BCUT2D eigenvalue weighted by Crippen LogP contribution is 2.43. The molecule has 0 unspecified atom stereocenters. The van der Waals surface area contributed by atoms with Crippen molar-refractivity contribution in [1.29, 1.82) is 5.26 Å². The minimum Gasteiger partial charge on any atom is -0.497 e. The topological polar surface area (TPSA) is 121 Å². The average Bonchev–Trinajstić information content (AvgIpc) is 3.23. The van der Waals surface area contributed by atoms with Crippen LogP contribution in [0.3, 0.4) is 0 Å². The summed E-state index contributed by atoms with van der Waals surface area (Å²) in [5, 5.41) is 10.4. The Morgan fingerprint density at radius 1 is 1.06 bits per heavy atom. The Morgan fingerprint density at radius 3 is 2.33 bits per heavy atom. The third-order valence-electron chi connectivity index (χ3n) is 6.56. The van der Waals surface area contributed by atoms with E-state index in [2.05, 4.69) is 16.0 Å². The molecule has 0 radical (unpaired) electrons. The number of thiophene rings is 1. The maximum absolute atomic E-state index is 13.5. The van der Waals surface area contributed by atoms with Gasteiger partial charge >= 0.3 is 0 Å². The third kappa shape index (κ3) is 4.06. The van der Waals surface area contributed by atoms with Crippen LogP contribution in [0.2, 0.25) is 0 Å². The molecule has 0 spiro atoms. The van der Waals surface area contributed by atoms with Gasteiger partial charge in [-0.1, -0.05) is 29.8 Å². The van der Waals surface area contributed by atoms with Crippen LogP contribution in [-0.2, 0) is 0 Å². The number of methoxy groups -OCH3 is 1. The van der Waals surface area contributed by atoms with Gasteiger partial charge in [0.1, 0.15) is 32.9 Å². The zero-order valence-corrected chi connectivity index (χ0v) is 20.9. The minimum absolute atomic E-state index is 0.128. The number of nitrogen functional groups attached to an aromatic ring is 2. The van der Waals surface area contributed by atoms with Gasteiger partial charge in [0.25, 0.3) is 5.91 Å². The lowest BCUT2D eigenvalue weighted by molar-refractivity contribution is 0.0752. The predicted octanol–water partition coefficient (Wildman–Crippen LogP) is 4.28. The number of aryl methyl sites for hydroxylation is 1. The molecule has 1 aliphatic rings. The van der Waals surface area contributed by atoms with E-state index in [1.807, 2.05) is 60.4 Å². The van der Waals surface area contributed by atoms with Crippen LogP contribution in [0.15, 0.2) is 48.5 Å². The maximum Gasteiger partial charge on any atom is 0.266 e.